The van der Waals surface area contributed by atoms with Crippen molar-refractivity contribution in [1.82, 2.24) is 24.1 Å². The van der Waals surface area contributed by atoms with Gasteiger partial charge in [-0.1, -0.05) is 12.1 Å². The quantitative estimate of drug-likeness (QED) is 0.492. The molecule has 0 aliphatic carbocycles. The maximum atomic E-state index is 5.19. The number of benzene rings is 1. The van der Waals surface area contributed by atoms with E-state index in [1.165, 1.54) is 0 Å². The van der Waals surface area contributed by atoms with Crippen molar-refractivity contribution in [2.24, 2.45) is 0 Å². The number of methoxy groups -OCH3 is 1. The summed E-state index contributed by atoms with van der Waals surface area (Å²) in [6.07, 6.45) is 5.43. The molecular weight excluding hydrogens is 393 g/mol. The van der Waals surface area contributed by atoms with E-state index < -0.39 is 0 Å². The Balaban J connectivity index is 1.81. The van der Waals surface area contributed by atoms with E-state index in [9.17, 15) is 0 Å². The van der Waals surface area contributed by atoms with Crippen molar-refractivity contribution in [2.45, 2.75) is 6.54 Å². The first-order valence-electron chi connectivity index (χ1n) is 6.73. The van der Waals surface area contributed by atoms with Gasteiger partial charge in [0, 0.05) is 12.4 Å². The van der Waals surface area contributed by atoms with Crippen LogP contribution in [0.1, 0.15) is 5.56 Å². The van der Waals surface area contributed by atoms with Crippen LogP contribution in [0.25, 0.3) is 16.7 Å². The molecule has 4 aromatic rings. The number of imidazole rings is 1. The standard InChI is InChI=1S/C15H12IN5O/c1-22-11-4-2-10(3-5-11)8-21-15-12(13(16)19-21)14-17-6-7-20(14)9-18-15/h2-7,9H,8H2,1H3. The Hall–Kier alpha value is -2.16. The number of aromatic nitrogens is 5. The van der Waals surface area contributed by atoms with Gasteiger partial charge in [0.15, 0.2) is 11.3 Å². The third kappa shape index (κ3) is 2.12. The van der Waals surface area contributed by atoms with Gasteiger partial charge in [-0.25, -0.2) is 14.6 Å². The first-order valence-corrected chi connectivity index (χ1v) is 7.81. The molecule has 4 rings (SSSR count). The van der Waals surface area contributed by atoms with Gasteiger partial charge < -0.3 is 4.74 Å². The summed E-state index contributed by atoms with van der Waals surface area (Å²) >= 11 is 2.23. The molecule has 0 spiro atoms. The molecule has 0 radical (unpaired) electrons. The van der Waals surface area contributed by atoms with Gasteiger partial charge in [-0.05, 0) is 40.3 Å². The fraction of sp³-hybridized carbons (Fsp3) is 0.133. The third-order valence-electron chi connectivity index (χ3n) is 3.57. The Bertz CT molecular complexity index is 957. The predicted molar refractivity (Wildman–Crippen MR) is 91.1 cm³/mol. The summed E-state index contributed by atoms with van der Waals surface area (Å²) in [7, 11) is 1.66. The van der Waals surface area contributed by atoms with Gasteiger partial charge >= 0.3 is 0 Å². The van der Waals surface area contributed by atoms with Gasteiger partial charge in [0.1, 0.15) is 15.8 Å². The van der Waals surface area contributed by atoms with Crippen LogP contribution in [0.3, 0.4) is 0 Å². The number of hydrogen-bond acceptors (Lipinski definition) is 4. The van der Waals surface area contributed by atoms with Crippen LogP contribution in [0.4, 0.5) is 0 Å². The van der Waals surface area contributed by atoms with Crippen molar-refractivity contribution in [3.05, 3.63) is 52.3 Å². The number of hydrogen-bond donors (Lipinski definition) is 0. The molecule has 7 heteroatoms. The number of rotatable bonds is 3. The highest BCUT2D eigenvalue weighted by Crippen LogP contribution is 2.23. The molecule has 0 aliphatic rings. The van der Waals surface area contributed by atoms with E-state index in [1.807, 2.05) is 39.5 Å². The van der Waals surface area contributed by atoms with Crippen molar-refractivity contribution < 1.29 is 4.74 Å². The minimum absolute atomic E-state index is 0.660. The molecule has 3 aromatic heterocycles. The van der Waals surface area contributed by atoms with E-state index in [0.717, 1.165) is 31.7 Å². The minimum atomic E-state index is 0.660. The number of fused-ring (bicyclic) bond motifs is 3. The molecule has 3 heterocycles. The van der Waals surface area contributed by atoms with Crippen molar-refractivity contribution in [2.75, 3.05) is 7.11 Å². The molecule has 0 saturated heterocycles. The van der Waals surface area contributed by atoms with Gasteiger partial charge in [0.25, 0.3) is 0 Å². The summed E-state index contributed by atoms with van der Waals surface area (Å²) in [5.74, 6) is 0.848. The van der Waals surface area contributed by atoms with Crippen molar-refractivity contribution in [3.63, 3.8) is 0 Å². The zero-order valence-corrected chi connectivity index (χ0v) is 13.9. The largest absolute Gasteiger partial charge is 0.497 e. The van der Waals surface area contributed by atoms with Gasteiger partial charge in [-0.2, -0.15) is 5.10 Å². The minimum Gasteiger partial charge on any atom is -0.497 e. The Morgan fingerprint density at radius 1 is 1.14 bits per heavy atom. The van der Waals surface area contributed by atoms with Crippen LogP contribution in [0.15, 0.2) is 43.0 Å². The number of halogens is 1. The van der Waals surface area contributed by atoms with Crippen LogP contribution >= 0.6 is 22.6 Å². The summed E-state index contributed by atoms with van der Waals surface area (Å²) in [6.45, 7) is 0.660. The molecule has 0 aliphatic heterocycles. The molecule has 0 saturated carbocycles. The van der Waals surface area contributed by atoms with E-state index in [-0.39, 0.29) is 0 Å². The predicted octanol–water partition coefficient (Wildman–Crippen LogP) is 2.74. The summed E-state index contributed by atoms with van der Waals surface area (Å²) < 4.78 is 9.91. The maximum absolute atomic E-state index is 5.19. The third-order valence-corrected chi connectivity index (χ3v) is 4.33. The Kier molecular flexibility index (Phi) is 3.21. The van der Waals surface area contributed by atoms with E-state index in [4.69, 9.17) is 4.74 Å². The molecule has 0 atom stereocenters. The second kappa shape index (κ2) is 5.24. The molecule has 0 bridgehead atoms. The van der Waals surface area contributed by atoms with E-state index >= 15 is 0 Å². The summed E-state index contributed by atoms with van der Waals surface area (Å²) in [6, 6.07) is 7.97. The van der Waals surface area contributed by atoms with Crippen molar-refractivity contribution >= 4 is 39.3 Å². The molecule has 0 unspecified atom stereocenters. The molecular formula is C15H12IN5O. The molecule has 6 nitrogen and oxygen atoms in total. The smallest absolute Gasteiger partial charge is 0.164 e. The average Bonchev–Trinajstić information content (AvgIpc) is 3.13. The Labute approximate surface area is 139 Å². The number of nitrogens with zero attached hydrogens (tertiary/aromatic N) is 5. The summed E-state index contributed by atoms with van der Waals surface area (Å²) in [4.78, 5) is 8.93. The fourth-order valence-corrected chi connectivity index (χ4v) is 3.22. The van der Waals surface area contributed by atoms with Crippen LogP contribution in [-0.4, -0.2) is 31.3 Å². The van der Waals surface area contributed by atoms with Crippen LogP contribution in [0.2, 0.25) is 0 Å². The first kappa shape index (κ1) is 13.5. The van der Waals surface area contributed by atoms with E-state index in [0.29, 0.717) is 6.54 Å². The lowest BCUT2D eigenvalue weighted by atomic mass is 10.2. The van der Waals surface area contributed by atoms with Gasteiger partial charge in [-0.15, -0.1) is 0 Å². The zero-order valence-electron chi connectivity index (χ0n) is 11.8. The SMILES string of the molecule is COc1ccc(Cn2nc(I)c3c2ncn2ccnc32)cc1. The molecule has 110 valence electrons. The van der Waals surface area contributed by atoms with Gasteiger partial charge in [0.2, 0.25) is 0 Å². The van der Waals surface area contributed by atoms with E-state index in [1.54, 1.807) is 19.6 Å². The van der Waals surface area contributed by atoms with Gasteiger partial charge in [0.05, 0.1) is 19.0 Å². The maximum Gasteiger partial charge on any atom is 0.164 e. The average molecular weight is 405 g/mol. The second-order valence-corrected chi connectivity index (χ2v) is 5.92. The lowest BCUT2D eigenvalue weighted by Gasteiger charge is -2.05. The lowest BCUT2D eigenvalue weighted by molar-refractivity contribution is 0.414. The fourth-order valence-electron chi connectivity index (χ4n) is 2.48. The summed E-state index contributed by atoms with van der Waals surface area (Å²) in [5.41, 5.74) is 2.88. The first-order chi connectivity index (χ1) is 10.8. The van der Waals surface area contributed by atoms with Crippen LogP contribution in [-0.2, 0) is 6.54 Å². The summed E-state index contributed by atoms with van der Waals surface area (Å²) in [5, 5.41) is 5.60. The molecule has 22 heavy (non-hydrogen) atoms. The lowest BCUT2D eigenvalue weighted by Crippen LogP contribution is -2.03. The van der Waals surface area contributed by atoms with Gasteiger partial charge in [-0.3, -0.25) is 4.40 Å². The molecule has 0 N–H and O–H groups in total. The van der Waals surface area contributed by atoms with Crippen LogP contribution in [0, 0.1) is 3.70 Å². The Morgan fingerprint density at radius 3 is 2.73 bits per heavy atom. The van der Waals surface area contributed by atoms with Crippen LogP contribution < -0.4 is 4.74 Å². The Morgan fingerprint density at radius 2 is 1.95 bits per heavy atom. The zero-order chi connectivity index (χ0) is 15.1. The van der Waals surface area contributed by atoms with Crippen molar-refractivity contribution in [1.29, 1.82) is 0 Å². The second-order valence-electron chi connectivity index (χ2n) is 4.90. The topological polar surface area (TPSA) is 57.2 Å². The monoisotopic (exact) mass is 405 g/mol. The normalized spacial score (nSPS) is 11.4. The van der Waals surface area contributed by atoms with E-state index in [2.05, 4.69) is 37.7 Å². The molecule has 0 amide bonds. The highest BCUT2D eigenvalue weighted by Gasteiger charge is 2.14. The highest BCUT2D eigenvalue weighted by molar-refractivity contribution is 14.1. The van der Waals surface area contributed by atoms with Crippen molar-refractivity contribution in [3.8, 4) is 5.75 Å². The highest BCUT2D eigenvalue weighted by atomic mass is 127. The molecule has 1 aromatic carbocycles. The number of ether oxygens (including phenoxy) is 1. The van der Waals surface area contributed by atoms with Crippen LogP contribution in [0.5, 0.6) is 5.75 Å². The molecule has 0 fully saturated rings.